The van der Waals surface area contributed by atoms with Crippen LogP contribution in [0.25, 0.3) is 0 Å². The van der Waals surface area contributed by atoms with E-state index < -0.39 is 0 Å². The summed E-state index contributed by atoms with van der Waals surface area (Å²) in [5.41, 5.74) is 2.10. The van der Waals surface area contributed by atoms with Crippen LogP contribution in [0.3, 0.4) is 0 Å². The molecule has 0 aliphatic carbocycles. The highest BCUT2D eigenvalue weighted by Gasteiger charge is 2.04. The highest BCUT2D eigenvalue weighted by atomic mass is 16.5. The van der Waals surface area contributed by atoms with Gasteiger partial charge in [-0.15, -0.1) is 0 Å². The Morgan fingerprint density at radius 3 is 2.38 bits per heavy atom. The number of aromatic nitrogens is 1. The summed E-state index contributed by atoms with van der Waals surface area (Å²) in [6.07, 6.45) is 1.83. The number of rotatable bonds is 6. The van der Waals surface area contributed by atoms with Crippen molar-refractivity contribution in [1.29, 1.82) is 0 Å². The Morgan fingerprint density at radius 2 is 1.81 bits per heavy atom. The van der Waals surface area contributed by atoms with Crippen LogP contribution in [0.15, 0.2) is 36.5 Å². The zero-order chi connectivity index (χ0) is 15.2. The first-order chi connectivity index (χ1) is 10.1. The molecule has 0 saturated carbocycles. The minimum absolute atomic E-state index is 0.698. The second-order valence-electron chi connectivity index (χ2n) is 4.84. The average molecular weight is 287 g/mol. The lowest BCUT2D eigenvalue weighted by molar-refractivity contribution is 0.354. The molecule has 5 nitrogen and oxygen atoms in total. The standard InChI is InChI=1S/C16H21N3O2/c1-19(2)16-8-6-13(11-18-16)17-10-12-5-7-14(20-3)15(9-12)21-4/h5-9,11,17H,10H2,1-4H3. The van der Waals surface area contributed by atoms with Crippen LogP contribution >= 0.6 is 0 Å². The summed E-state index contributed by atoms with van der Waals surface area (Å²) >= 11 is 0. The minimum Gasteiger partial charge on any atom is -0.493 e. The van der Waals surface area contributed by atoms with Gasteiger partial charge in [-0.05, 0) is 29.8 Å². The first-order valence-electron chi connectivity index (χ1n) is 6.72. The number of nitrogens with one attached hydrogen (secondary N) is 1. The van der Waals surface area contributed by atoms with Crippen LogP contribution in [0.2, 0.25) is 0 Å². The summed E-state index contributed by atoms with van der Waals surface area (Å²) in [4.78, 5) is 6.34. The number of anilines is 2. The van der Waals surface area contributed by atoms with Gasteiger partial charge in [-0.25, -0.2) is 4.98 Å². The summed E-state index contributed by atoms with van der Waals surface area (Å²) in [5, 5.41) is 3.34. The molecule has 0 unspecified atom stereocenters. The Labute approximate surface area is 125 Å². The van der Waals surface area contributed by atoms with E-state index in [4.69, 9.17) is 9.47 Å². The summed E-state index contributed by atoms with van der Waals surface area (Å²) in [7, 11) is 7.21. The van der Waals surface area contributed by atoms with Crippen LogP contribution in [-0.4, -0.2) is 33.3 Å². The van der Waals surface area contributed by atoms with Crippen LogP contribution in [-0.2, 0) is 6.54 Å². The molecule has 1 N–H and O–H groups in total. The van der Waals surface area contributed by atoms with Crippen LogP contribution in [0.1, 0.15) is 5.56 Å². The predicted octanol–water partition coefficient (Wildman–Crippen LogP) is 2.78. The van der Waals surface area contributed by atoms with Gasteiger partial charge in [0.25, 0.3) is 0 Å². The number of hydrogen-bond donors (Lipinski definition) is 1. The molecule has 1 aromatic carbocycles. The molecular formula is C16H21N3O2. The van der Waals surface area contributed by atoms with Gasteiger partial charge in [-0.3, -0.25) is 0 Å². The van der Waals surface area contributed by atoms with Gasteiger partial charge < -0.3 is 19.7 Å². The Morgan fingerprint density at radius 1 is 1.05 bits per heavy atom. The molecule has 0 atom stereocenters. The third-order valence-electron chi connectivity index (χ3n) is 3.15. The predicted molar refractivity (Wildman–Crippen MR) is 85.4 cm³/mol. The largest absolute Gasteiger partial charge is 0.493 e. The summed E-state index contributed by atoms with van der Waals surface area (Å²) in [6.45, 7) is 0.698. The first kappa shape index (κ1) is 15.0. The van der Waals surface area contributed by atoms with Crippen LogP contribution in [0.4, 0.5) is 11.5 Å². The molecule has 0 fully saturated rings. The third kappa shape index (κ3) is 3.78. The zero-order valence-electron chi connectivity index (χ0n) is 12.9. The molecule has 0 aliphatic rings. The molecule has 0 radical (unpaired) electrons. The Hall–Kier alpha value is -2.43. The number of hydrogen-bond acceptors (Lipinski definition) is 5. The fourth-order valence-electron chi connectivity index (χ4n) is 1.95. The lowest BCUT2D eigenvalue weighted by atomic mass is 10.2. The first-order valence-corrected chi connectivity index (χ1v) is 6.72. The third-order valence-corrected chi connectivity index (χ3v) is 3.15. The van der Waals surface area contributed by atoms with Gasteiger partial charge in [0.05, 0.1) is 26.1 Å². The highest BCUT2D eigenvalue weighted by Crippen LogP contribution is 2.27. The summed E-state index contributed by atoms with van der Waals surface area (Å²) < 4.78 is 10.5. The number of benzene rings is 1. The molecule has 1 heterocycles. The minimum atomic E-state index is 0.698. The summed E-state index contributed by atoms with van der Waals surface area (Å²) in [5.74, 6) is 2.41. The van der Waals surface area contributed by atoms with Crippen molar-refractivity contribution in [3.63, 3.8) is 0 Å². The Kier molecular flexibility index (Phi) is 4.87. The smallest absolute Gasteiger partial charge is 0.161 e. The molecule has 0 amide bonds. The highest BCUT2D eigenvalue weighted by molar-refractivity contribution is 5.49. The number of pyridine rings is 1. The fraction of sp³-hybridized carbons (Fsp3) is 0.312. The van der Waals surface area contributed by atoms with Crippen molar-refractivity contribution in [2.75, 3.05) is 38.5 Å². The SMILES string of the molecule is COc1ccc(CNc2ccc(N(C)C)nc2)cc1OC. The number of nitrogens with zero attached hydrogens (tertiary/aromatic N) is 2. The Balaban J connectivity index is 2.02. The molecule has 112 valence electrons. The molecule has 5 heteroatoms. The van der Waals surface area contributed by atoms with E-state index in [1.807, 2.05) is 55.5 Å². The maximum atomic E-state index is 5.30. The lowest BCUT2D eigenvalue weighted by Gasteiger charge is -2.13. The van der Waals surface area contributed by atoms with E-state index in [-0.39, 0.29) is 0 Å². The van der Waals surface area contributed by atoms with E-state index in [1.165, 1.54) is 0 Å². The zero-order valence-corrected chi connectivity index (χ0v) is 12.9. The molecule has 2 aromatic rings. The van der Waals surface area contributed by atoms with E-state index in [0.29, 0.717) is 6.54 Å². The quantitative estimate of drug-likeness (QED) is 0.885. The number of ether oxygens (including phenoxy) is 2. The Bertz CT molecular complexity index is 583. The maximum Gasteiger partial charge on any atom is 0.161 e. The van der Waals surface area contributed by atoms with Crippen LogP contribution < -0.4 is 19.7 Å². The molecule has 0 bridgehead atoms. The molecule has 2 rings (SSSR count). The van der Waals surface area contributed by atoms with Crippen molar-refractivity contribution in [1.82, 2.24) is 4.98 Å². The van der Waals surface area contributed by atoms with Crippen molar-refractivity contribution in [3.05, 3.63) is 42.1 Å². The molecule has 0 saturated heterocycles. The molecular weight excluding hydrogens is 266 g/mol. The summed E-state index contributed by atoms with van der Waals surface area (Å²) in [6, 6.07) is 9.88. The van der Waals surface area contributed by atoms with E-state index in [2.05, 4.69) is 10.3 Å². The maximum absolute atomic E-state index is 5.30. The van der Waals surface area contributed by atoms with E-state index in [0.717, 1.165) is 28.6 Å². The monoisotopic (exact) mass is 287 g/mol. The van der Waals surface area contributed by atoms with Gasteiger partial charge in [0.1, 0.15) is 5.82 Å². The van der Waals surface area contributed by atoms with Gasteiger partial charge >= 0.3 is 0 Å². The molecule has 21 heavy (non-hydrogen) atoms. The number of methoxy groups -OCH3 is 2. The van der Waals surface area contributed by atoms with Crippen molar-refractivity contribution in [3.8, 4) is 11.5 Å². The van der Waals surface area contributed by atoms with Gasteiger partial charge in [-0.1, -0.05) is 6.07 Å². The van der Waals surface area contributed by atoms with Crippen LogP contribution in [0.5, 0.6) is 11.5 Å². The van der Waals surface area contributed by atoms with Gasteiger partial charge in [0.2, 0.25) is 0 Å². The van der Waals surface area contributed by atoms with E-state index in [9.17, 15) is 0 Å². The van der Waals surface area contributed by atoms with Crippen molar-refractivity contribution in [2.24, 2.45) is 0 Å². The van der Waals surface area contributed by atoms with E-state index in [1.54, 1.807) is 14.2 Å². The fourth-order valence-corrected chi connectivity index (χ4v) is 1.95. The van der Waals surface area contributed by atoms with Crippen molar-refractivity contribution in [2.45, 2.75) is 6.54 Å². The topological polar surface area (TPSA) is 46.6 Å². The van der Waals surface area contributed by atoms with E-state index >= 15 is 0 Å². The van der Waals surface area contributed by atoms with Gasteiger partial charge in [0, 0.05) is 20.6 Å². The molecule has 1 aromatic heterocycles. The second kappa shape index (κ2) is 6.83. The van der Waals surface area contributed by atoms with Crippen molar-refractivity contribution >= 4 is 11.5 Å². The molecule has 0 aliphatic heterocycles. The van der Waals surface area contributed by atoms with Crippen molar-refractivity contribution < 1.29 is 9.47 Å². The van der Waals surface area contributed by atoms with Gasteiger partial charge in [0.15, 0.2) is 11.5 Å². The average Bonchev–Trinajstić information content (AvgIpc) is 2.52. The second-order valence-corrected chi connectivity index (χ2v) is 4.84. The van der Waals surface area contributed by atoms with Crippen LogP contribution in [0, 0.1) is 0 Å². The molecule has 0 spiro atoms. The lowest BCUT2D eigenvalue weighted by Crippen LogP contribution is -2.10. The van der Waals surface area contributed by atoms with Gasteiger partial charge in [-0.2, -0.15) is 0 Å². The normalized spacial score (nSPS) is 10.1.